The molecule has 0 saturated carbocycles. The third-order valence-corrected chi connectivity index (χ3v) is 2.93. The van der Waals surface area contributed by atoms with Gasteiger partial charge in [-0.25, -0.2) is 0 Å². The number of ether oxygens (including phenoxy) is 2. The van der Waals surface area contributed by atoms with E-state index in [2.05, 4.69) is 26.0 Å². The Kier molecular flexibility index (Phi) is 6.58. The van der Waals surface area contributed by atoms with Crippen LogP contribution in [-0.2, 0) is 6.42 Å². The van der Waals surface area contributed by atoms with Crippen molar-refractivity contribution in [1.29, 1.82) is 0 Å². The van der Waals surface area contributed by atoms with Crippen LogP contribution in [0.3, 0.4) is 0 Å². The molecule has 102 valence electrons. The van der Waals surface area contributed by atoms with E-state index in [1.807, 2.05) is 6.07 Å². The van der Waals surface area contributed by atoms with Crippen molar-refractivity contribution in [3.8, 4) is 11.5 Å². The first-order chi connectivity index (χ1) is 8.71. The van der Waals surface area contributed by atoms with E-state index in [0.717, 1.165) is 43.9 Å². The van der Waals surface area contributed by atoms with Crippen molar-refractivity contribution in [3.63, 3.8) is 0 Å². The summed E-state index contributed by atoms with van der Waals surface area (Å²) in [6, 6.07) is 6.18. The van der Waals surface area contributed by atoms with Crippen molar-refractivity contribution < 1.29 is 9.47 Å². The van der Waals surface area contributed by atoms with Gasteiger partial charge >= 0.3 is 0 Å². The first-order valence-electron chi connectivity index (χ1n) is 6.71. The fourth-order valence-corrected chi connectivity index (χ4v) is 1.96. The molecule has 18 heavy (non-hydrogen) atoms. The second-order valence-corrected chi connectivity index (χ2v) is 4.72. The van der Waals surface area contributed by atoms with Gasteiger partial charge in [0.1, 0.15) is 0 Å². The van der Waals surface area contributed by atoms with E-state index in [0.29, 0.717) is 5.92 Å². The van der Waals surface area contributed by atoms with E-state index >= 15 is 0 Å². The maximum atomic E-state index is 5.64. The van der Waals surface area contributed by atoms with Crippen molar-refractivity contribution in [2.75, 3.05) is 20.3 Å². The molecule has 0 aliphatic rings. The standard InChI is InChI=1S/C15H25NO2/c1-4-9-18-14-6-5-13(11-15(14)17-3)10-12(2)7-8-16/h5-6,11-12H,4,7-10,16H2,1-3H3. The van der Waals surface area contributed by atoms with Gasteiger partial charge in [-0.2, -0.15) is 0 Å². The minimum atomic E-state index is 0.599. The summed E-state index contributed by atoms with van der Waals surface area (Å²) >= 11 is 0. The summed E-state index contributed by atoms with van der Waals surface area (Å²) in [6.07, 6.45) is 3.08. The summed E-state index contributed by atoms with van der Waals surface area (Å²) in [5.74, 6) is 2.25. The lowest BCUT2D eigenvalue weighted by Crippen LogP contribution is -2.08. The van der Waals surface area contributed by atoms with Crippen LogP contribution in [-0.4, -0.2) is 20.3 Å². The fraction of sp³-hybridized carbons (Fsp3) is 0.600. The molecule has 1 atom stereocenters. The monoisotopic (exact) mass is 251 g/mol. The molecule has 0 fully saturated rings. The van der Waals surface area contributed by atoms with Gasteiger partial charge in [0.05, 0.1) is 13.7 Å². The fourth-order valence-electron chi connectivity index (χ4n) is 1.96. The lowest BCUT2D eigenvalue weighted by molar-refractivity contribution is 0.294. The third-order valence-electron chi connectivity index (χ3n) is 2.93. The summed E-state index contributed by atoms with van der Waals surface area (Å²) in [6.45, 7) is 5.78. The first-order valence-corrected chi connectivity index (χ1v) is 6.71. The van der Waals surface area contributed by atoms with Crippen LogP contribution < -0.4 is 15.2 Å². The summed E-state index contributed by atoms with van der Waals surface area (Å²) < 4.78 is 11.0. The molecule has 0 amide bonds. The molecule has 0 heterocycles. The van der Waals surface area contributed by atoms with E-state index in [4.69, 9.17) is 15.2 Å². The van der Waals surface area contributed by atoms with Crippen LogP contribution in [0, 0.1) is 5.92 Å². The minimum Gasteiger partial charge on any atom is -0.493 e. The zero-order valence-corrected chi connectivity index (χ0v) is 11.7. The molecular weight excluding hydrogens is 226 g/mol. The van der Waals surface area contributed by atoms with Crippen LogP contribution >= 0.6 is 0 Å². The van der Waals surface area contributed by atoms with Gasteiger partial charge in [-0.1, -0.05) is 19.9 Å². The topological polar surface area (TPSA) is 44.5 Å². The van der Waals surface area contributed by atoms with Gasteiger partial charge in [0, 0.05) is 0 Å². The minimum absolute atomic E-state index is 0.599. The van der Waals surface area contributed by atoms with Crippen molar-refractivity contribution in [2.45, 2.75) is 33.1 Å². The number of rotatable bonds is 8. The molecule has 2 N–H and O–H groups in total. The molecule has 0 bridgehead atoms. The van der Waals surface area contributed by atoms with Gasteiger partial charge < -0.3 is 15.2 Å². The second kappa shape index (κ2) is 7.98. The molecule has 0 aliphatic heterocycles. The van der Waals surface area contributed by atoms with E-state index in [1.165, 1.54) is 5.56 Å². The Bertz CT molecular complexity index is 352. The lowest BCUT2D eigenvalue weighted by Gasteiger charge is -2.14. The Labute approximate surface area is 110 Å². The number of hydrogen-bond donors (Lipinski definition) is 1. The van der Waals surface area contributed by atoms with Crippen molar-refractivity contribution in [3.05, 3.63) is 23.8 Å². The van der Waals surface area contributed by atoms with Crippen molar-refractivity contribution in [2.24, 2.45) is 11.7 Å². The smallest absolute Gasteiger partial charge is 0.161 e. The molecule has 0 aromatic heterocycles. The average Bonchev–Trinajstić information content (AvgIpc) is 2.37. The molecular formula is C15H25NO2. The third kappa shape index (κ3) is 4.57. The van der Waals surface area contributed by atoms with Gasteiger partial charge in [-0.3, -0.25) is 0 Å². The predicted molar refractivity (Wildman–Crippen MR) is 75.3 cm³/mol. The van der Waals surface area contributed by atoms with Gasteiger partial charge in [0.2, 0.25) is 0 Å². The van der Waals surface area contributed by atoms with Crippen LogP contribution in [0.2, 0.25) is 0 Å². The summed E-state index contributed by atoms with van der Waals surface area (Å²) in [5, 5.41) is 0. The SMILES string of the molecule is CCCOc1ccc(CC(C)CCN)cc1OC. The number of methoxy groups -OCH3 is 1. The average molecular weight is 251 g/mol. The van der Waals surface area contributed by atoms with Gasteiger partial charge in [-0.15, -0.1) is 0 Å². The Hall–Kier alpha value is -1.22. The number of nitrogens with two attached hydrogens (primary N) is 1. The first kappa shape index (κ1) is 14.8. The number of hydrogen-bond acceptors (Lipinski definition) is 3. The molecule has 1 unspecified atom stereocenters. The maximum Gasteiger partial charge on any atom is 0.161 e. The molecule has 0 saturated heterocycles. The molecule has 0 spiro atoms. The normalized spacial score (nSPS) is 12.2. The highest BCUT2D eigenvalue weighted by Gasteiger charge is 2.08. The molecule has 3 heteroatoms. The zero-order valence-electron chi connectivity index (χ0n) is 11.7. The van der Waals surface area contributed by atoms with E-state index in [-0.39, 0.29) is 0 Å². The second-order valence-electron chi connectivity index (χ2n) is 4.72. The summed E-state index contributed by atoms with van der Waals surface area (Å²) in [5.41, 5.74) is 6.85. The molecule has 1 aromatic carbocycles. The van der Waals surface area contributed by atoms with E-state index in [9.17, 15) is 0 Å². The van der Waals surface area contributed by atoms with Crippen LogP contribution in [0.5, 0.6) is 11.5 Å². The van der Waals surface area contributed by atoms with Gasteiger partial charge in [0.25, 0.3) is 0 Å². The maximum absolute atomic E-state index is 5.64. The summed E-state index contributed by atoms with van der Waals surface area (Å²) in [4.78, 5) is 0. The molecule has 0 aliphatic carbocycles. The van der Waals surface area contributed by atoms with Gasteiger partial charge in [0.15, 0.2) is 11.5 Å². The summed E-state index contributed by atoms with van der Waals surface area (Å²) in [7, 11) is 1.68. The predicted octanol–water partition coefficient (Wildman–Crippen LogP) is 3.01. The molecule has 1 aromatic rings. The van der Waals surface area contributed by atoms with Crippen LogP contribution in [0.25, 0.3) is 0 Å². The molecule has 0 radical (unpaired) electrons. The molecule has 3 nitrogen and oxygen atoms in total. The Balaban J connectivity index is 2.71. The zero-order chi connectivity index (χ0) is 13.4. The van der Waals surface area contributed by atoms with Crippen molar-refractivity contribution in [1.82, 2.24) is 0 Å². The van der Waals surface area contributed by atoms with Crippen LogP contribution in [0.4, 0.5) is 0 Å². The largest absolute Gasteiger partial charge is 0.493 e. The molecule has 1 rings (SSSR count). The number of benzene rings is 1. The van der Waals surface area contributed by atoms with Crippen molar-refractivity contribution >= 4 is 0 Å². The van der Waals surface area contributed by atoms with E-state index in [1.54, 1.807) is 7.11 Å². The van der Waals surface area contributed by atoms with Crippen LogP contribution in [0.15, 0.2) is 18.2 Å². The Morgan fingerprint density at radius 2 is 2.06 bits per heavy atom. The quantitative estimate of drug-likeness (QED) is 0.772. The van der Waals surface area contributed by atoms with E-state index < -0.39 is 0 Å². The lowest BCUT2D eigenvalue weighted by atomic mass is 9.98. The highest BCUT2D eigenvalue weighted by Crippen LogP contribution is 2.29. The highest BCUT2D eigenvalue weighted by atomic mass is 16.5. The van der Waals surface area contributed by atoms with Crippen LogP contribution in [0.1, 0.15) is 32.3 Å². The Morgan fingerprint density at radius 1 is 1.28 bits per heavy atom. The Morgan fingerprint density at radius 3 is 2.67 bits per heavy atom. The highest BCUT2D eigenvalue weighted by molar-refractivity contribution is 5.43. The van der Waals surface area contributed by atoms with Gasteiger partial charge in [-0.05, 0) is 49.4 Å².